The van der Waals surface area contributed by atoms with E-state index >= 15 is 0 Å². The quantitative estimate of drug-likeness (QED) is 0.902. The predicted molar refractivity (Wildman–Crippen MR) is 66.3 cm³/mol. The lowest BCUT2D eigenvalue weighted by atomic mass is 10.1. The highest BCUT2D eigenvalue weighted by Crippen LogP contribution is 2.25. The minimum atomic E-state index is -0.231. The van der Waals surface area contributed by atoms with E-state index in [1.165, 1.54) is 6.07 Å². The fraction of sp³-hybridized carbons (Fsp3) is 0.545. The molecule has 1 saturated carbocycles. The van der Waals surface area contributed by atoms with Crippen molar-refractivity contribution in [2.24, 2.45) is 5.92 Å². The largest absolute Gasteiger partial charge is 0.349 e. The number of nitrogens with one attached hydrogen (secondary N) is 1. The van der Waals surface area contributed by atoms with Gasteiger partial charge in [0.25, 0.3) is 5.91 Å². The Labute approximate surface area is 110 Å². The number of aromatic nitrogens is 2. The maximum Gasteiger partial charge on any atom is 0.254 e. The van der Waals surface area contributed by atoms with Crippen LogP contribution >= 0.6 is 23.2 Å². The molecule has 1 aliphatic carbocycles. The third-order valence-electron chi connectivity index (χ3n) is 2.99. The summed E-state index contributed by atoms with van der Waals surface area (Å²) in [5, 5.41) is 10.4. The zero-order valence-corrected chi connectivity index (χ0v) is 10.9. The van der Waals surface area contributed by atoms with Gasteiger partial charge in [-0.15, -0.1) is 10.2 Å². The topological polar surface area (TPSA) is 54.9 Å². The number of carbonyl (C=O) groups is 1. The van der Waals surface area contributed by atoms with Gasteiger partial charge in [0.1, 0.15) is 0 Å². The molecule has 1 N–H and O–H groups in total. The average Bonchev–Trinajstić information content (AvgIpc) is 2.67. The van der Waals surface area contributed by atoms with Gasteiger partial charge in [-0.05, 0) is 31.2 Å². The van der Waals surface area contributed by atoms with E-state index in [9.17, 15) is 4.79 Å². The third kappa shape index (κ3) is 3.07. The zero-order chi connectivity index (χ0) is 12.4. The highest BCUT2D eigenvalue weighted by molar-refractivity contribution is 6.34. The standard InChI is InChI=1S/C11H13Cl2N3O/c1-6-2-3-7(4-6)14-11(17)8-5-9(12)15-16-10(8)13/h5-7H,2-4H2,1H3,(H,14,17). The Morgan fingerprint density at radius 2 is 2.18 bits per heavy atom. The number of nitrogens with zero attached hydrogens (tertiary/aromatic N) is 2. The van der Waals surface area contributed by atoms with Gasteiger partial charge in [0.05, 0.1) is 5.56 Å². The van der Waals surface area contributed by atoms with E-state index in [0.717, 1.165) is 19.3 Å². The van der Waals surface area contributed by atoms with E-state index in [1.54, 1.807) is 0 Å². The summed E-state index contributed by atoms with van der Waals surface area (Å²) in [4.78, 5) is 12.0. The van der Waals surface area contributed by atoms with Crippen molar-refractivity contribution in [3.05, 3.63) is 21.9 Å². The summed E-state index contributed by atoms with van der Waals surface area (Å²) in [6, 6.07) is 1.66. The van der Waals surface area contributed by atoms with Crippen LogP contribution in [0.3, 0.4) is 0 Å². The van der Waals surface area contributed by atoms with E-state index in [1.807, 2.05) is 0 Å². The average molecular weight is 274 g/mol. The third-order valence-corrected chi connectivity index (χ3v) is 3.46. The first-order valence-electron chi connectivity index (χ1n) is 5.56. The van der Waals surface area contributed by atoms with Crippen LogP contribution in [0, 0.1) is 5.92 Å². The highest BCUT2D eigenvalue weighted by atomic mass is 35.5. The Bertz CT molecular complexity index is 439. The van der Waals surface area contributed by atoms with E-state index in [2.05, 4.69) is 22.4 Å². The summed E-state index contributed by atoms with van der Waals surface area (Å²) in [7, 11) is 0. The normalized spacial score (nSPS) is 23.7. The molecule has 1 amide bonds. The van der Waals surface area contributed by atoms with Gasteiger partial charge in [0.2, 0.25) is 0 Å². The Morgan fingerprint density at radius 3 is 2.82 bits per heavy atom. The SMILES string of the molecule is CC1CCC(NC(=O)c2cc(Cl)nnc2Cl)C1. The van der Waals surface area contributed by atoms with Crippen LogP contribution in [0.25, 0.3) is 0 Å². The number of rotatable bonds is 2. The van der Waals surface area contributed by atoms with Crippen LogP contribution in [0.2, 0.25) is 10.3 Å². The van der Waals surface area contributed by atoms with Crippen LogP contribution in [0.4, 0.5) is 0 Å². The predicted octanol–water partition coefficient (Wildman–Crippen LogP) is 2.70. The molecule has 0 spiro atoms. The number of carbonyl (C=O) groups excluding carboxylic acids is 1. The molecule has 2 rings (SSSR count). The molecule has 6 heteroatoms. The first-order valence-corrected chi connectivity index (χ1v) is 6.31. The van der Waals surface area contributed by atoms with Crippen LogP contribution < -0.4 is 5.32 Å². The molecule has 1 fully saturated rings. The van der Waals surface area contributed by atoms with Crippen LogP contribution in [0.5, 0.6) is 0 Å². The van der Waals surface area contributed by atoms with Gasteiger partial charge in [0, 0.05) is 6.04 Å². The second-order valence-electron chi connectivity index (χ2n) is 4.46. The van der Waals surface area contributed by atoms with Crippen molar-refractivity contribution in [3.63, 3.8) is 0 Å². The maximum absolute atomic E-state index is 12.0. The molecular formula is C11H13Cl2N3O. The summed E-state index contributed by atoms with van der Waals surface area (Å²) >= 11 is 11.5. The fourth-order valence-corrected chi connectivity index (χ4v) is 2.44. The lowest BCUT2D eigenvalue weighted by molar-refractivity contribution is 0.0937. The van der Waals surface area contributed by atoms with Gasteiger partial charge < -0.3 is 5.32 Å². The highest BCUT2D eigenvalue weighted by Gasteiger charge is 2.24. The zero-order valence-electron chi connectivity index (χ0n) is 9.41. The number of hydrogen-bond donors (Lipinski definition) is 1. The van der Waals surface area contributed by atoms with Crippen LogP contribution in [-0.2, 0) is 0 Å². The summed E-state index contributed by atoms with van der Waals surface area (Å²) < 4.78 is 0. The smallest absolute Gasteiger partial charge is 0.254 e. The molecule has 1 aromatic rings. The number of halogens is 2. The van der Waals surface area contributed by atoms with Crippen molar-refractivity contribution in [1.29, 1.82) is 0 Å². The molecule has 1 aromatic heterocycles. The van der Waals surface area contributed by atoms with Gasteiger partial charge in [-0.2, -0.15) is 0 Å². The van der Waals surface area contributed by atoms with Crippen LogP contribution in [-0.4, -0.2) is 22.1 Å². The molecule has 0 radical (unpaired) electrons. The van der Waals surface area contributed by atoms with Gasteiger partial charge >= 0.3 is 0 Å². The van der Waals surface area contributed by atoms with Gasteiger partial charge in [-0.25, -0.2) is 0 Å². The minimum Gasteiger partial charge on any atom is -0.349 e. The molecule has 92 valence electrons. The second kappa shape index (κ2) is 5.19. The van der Waals surface area contributed by atoms with Crippen LogP contribution in [0.1, 0.15) is 36.5 Å². The van der Waals surface area contributed by atoms with E-state index in [0.29, 0.717) is 5.92 Å². The number of hydrogen-bond acceptors (Lipinski definition) is 3. The van der Waals surface area contributed by atoms with Gasteiger partial charge in [0.15, 0.2) is 10.3 Å². The molecule has 1 heterocycles. The second-order valence-corrected chi connectivity index (χ2v) is 5.21. The van der Waals surface area contributed by atoms with Crippen molar-refractivity contribution >= 4 is 29.1 Å². The van der Waals surface area contributed by atoms with Gasteiger partial charge in [-0.3, -0.25) is 4.79 Å². The lowest BCUT2D eigenvalue weighted by Crippen LogP contribution is -2.33. The monoisotopic (exact) mass is 273 g/mol. The molecule has 17 heavy (non-hydrogen) atoms. The summed E-state index contributed by atoms with van der Waals surface area (Å²) in [6.07, 6.45) is 3.17. The van der Waals surface area contributed by atoms with E-state index in [-0.39, 0.29) is 27.8 Å². The van der Waals surface area contributed by atoms with E-state index < -0.39 is 0 Å². The molecule has 4 nitrogen and oxygen atoms in total. The van der Waals surface area contributed by atoms with Crippen molar-refractivity contribution in [1.82, 2.24) is 15.5 Å². The fourth-order valence-electron chi connectivity index (χ4n) is 2.11. The molecular weight excluding hydrogens is 261 g/mol. The number of amides is 1. The molecule has 0 bridgehead atoms. The minimum absolute atomic E-state index is 0.0814. The lowest BCUT2D eigenvalue weighted by Gasteiger charge is -2.12. The van der Waals surface area contributed by atoms with Crippen molar-refractivity contribution in [3.8, 4) is 0 Å². The maximum atomic E-state index is 12.0. The van der Waals surface area contributed by atoms with Crippen molar-refractivity contribution < 1.29 is 4.79 Å². The summed E-state index contributed by atoms with van der Waals surface area (Å²) in [6.45, 7) is 2.18. The van der Waals surface area contributed by atoms with E-state index in [4.69, 9.17) is 23.2 Å². The Kier molecular flexibility index (Phi) is 3.84. The Hall–Kier alpha value is -0.870. The Balaban J connectivity index is 2.06. The van der Waals surface area contributed by atoms with Gasteiger partial charge in [-0.1, -0.05) is 30.1 Å². The van der Waals surface area contributed by atoms with Crippen molar-refractivity contribution in [2.45, 2.75) is 32.2 Å². The first kappa shape index (κ1) is 12.6. The first-order chi connectivity index (χ1) is 8.06. The van der Waals surface area contributed by atoms with Crippen molar-refractivity contribution in [2.75, 3.05) is 0 Å². The molecule has 2 unspecified atom stereocenters. The van der Waals surface area contributed by atoms with Crippen LogP contribution in [0.15, 0.2) is 6.07 Å². The molecule has 0 saturated heterocycles. The molecule has 2 atom stereocenters. The molecule has 0 aliphatic heterocycles. The Morgan fingerprint density at radius 1 is 1.41 bits per heavy atom. The summed E-state index contributed by atoms with van der Waals surface area (Å²) in [5.74, 6) is 0.431. The molecule has 1 aliphatic rings. The molecule has 0 aromatic carbocycles. The summed E-state index contributed by atoms with van der Waals surface area (Å²) in [5.41, 5.74) is 0.284.